The molecule has 1 aliphatic rings. The van der Waals surface area contributed by atoms with Crippen molar-refractivity contribution in [2.75, 3.05) is 6.54 Å². The summed E-state index contributed by atoms with van der Waals surface area (Å²) < 4.78 is 13.3. The number of hydrogen-bond acceptors (Lipinski definition) is 2. The normalized spacial score (nSPS) is 23.1. The number of likely N-dealkylation sites (tertiary alicyclic amines) is 1. The van der Waals surface area contributed by atoms with Gasteiger partial charge >= 0.3 is 0 Å². The lowest BCUT2D eigenvalue weighted by molar-refractivity contribution is 0.130. The van der Waals surface area contributed by atoms with Gasteiger partial charge in [-0.1, -0.05) is 42.5 Å². The van der Waals surface area contributed by atoms with Crippen molar-refractivity contribution in [2.45, 2.75) is 31.5 Å². The Morgan fingerprint density at radius 3 is 2.62 bits per heavy atom. The van der Waals surface area contributed by atoms with Gasteiger partial charge in [-0.05, 0) is 42.0 Å². The Bertz CT molecular complexity index is 585. The summed E-state index contributed by atoms with van der Waals surface area (Å²) in [5.74, 6) is 0.204. The summed E-state index contributed by atoms with van der Waals surface area (Å²) in [4.78, 5) is 2.31. The zero-order valence-electron chi connectivity index (χ0n) is 12.1. The smallest absolute Gasteiger partial charge is 0.123 e. The van der Waals surface area contributed by atoms with Crippen LogP contribution in [0.1, 0.15) is 29.9 Å². The second-order valence-electron chi connectivity index (χ2n) is 5.80. The molecular formula is C18H21FN2. The van der Waals surface area contributed by atoms with E-state index in [2.05, 4.69) is 29.2 Å². The lowest BCUT2D eigenvalue weighted by Gasteiger charge is -2.37. The number of piperidine rings is 1. The fraction of sp³-hybridized carbons (Fsp3) is 0.333. The second-order valence-corrected chi connectivity index (χ2v) is 5.80. The average molecular weight is 284 g/mol. The topological polar surface area (TPSA) is 29.3 Å². The molecule has 2 unspecified atom stereocenters. The van der Waals surface area contributed by atoms with Crippen molar-refractivity contribution in [3.05, 3.63) is 71.5 Å². The van der Waals surface area contributed by atoms with E-state index in [1.807, 2.05) is 12.1 Å². The molecule has 0 radical (unpaired) electrons. The number of hydrogen-bond donors (Lipinski definition) is 1. The maximum Gasteiger partial charge on any atom is 0.123 e. The zero-order valence-corrected chi connectivity index (χ0v) is 12.1. The van der Waals surface area contributed by atoms with Gasteiger partial charge in [0.05, 0.1) is 6.17 Å². The van der Waals surface area contributed by atoms with Gasteiger partial charge < -0.3 is 5.73 Å². The lowest BCUT2D eigenvalue weighted by Crippen LogP contribution is -2.46. The largest absolute Gasteiger partial charge is 0.316 e. The Morgan fingerprint density at radius 1 is 1.10 bits per heavy atom. The SMILES string of the molecule is NC1CC(c2cccc(F)c2)CCN1Cc1ccccc1. The van der Waals surface area contributed by atoms with Gasteiger partial charge in [-0.25, -0.2) is 4.39 Å². The molecule has 1 aliphatic heterocycles. The molecule has 2 N–H and O–H groups in total. The summed E-state index contributed by atoms with van der Waals surface area (Å²) in [5, 5.41) is 0. The fourth-order valence-electron chi connectivity index (χ4n) is 3.12. The van der Waals surface area contributed by atoms with Crippen LogP contribution in [0.25, 0.3) is 0 Å². The van der Waals surface area contributed by atoms with Gasteiger partial charge in [0, 0.05) is 13.1 Å². The molecular weight excluding hydrogens is 263 g/mol. The molecule has 0 amide bonds. The Kier molecular flexibility index (Phi) is 4.32. The van der Waals surface area contributed by atoms with Gasteiger partial charge in [0.25, 0.3) is 0 Å². The third-order valence-electron chi connectivity index (χ3n) is 4.31. The highest BCUT2D eigenvalue weighted by Crippen LogP contribution is 2.31. The molecule has 1 saturated heterocycles. The maximum atomic E-state index is 13.3. The average Bonchev–Trinajstić information content (AvgIpc) is 2.50. The first-order valence-electron chi connectivity index (χ1n) is 7.51. The molecule has 110 valence electrons. The second kappa shape index (κ2) is 6.37. The zero-order chi connectivity index (χ0) is 14.7. The molecule has 0 aromatic heterocycles. The lowest BCUT2D eigenvalue weighted by atomic mass is 9.87. The van der Waals surface area contributed by atoms with E-state index in [0.717, 1.165) is 31.5 Å². The van der Waals surface area contributed by atoms with E-state index in [1.54, 1.807) is 12.1 Å². The Morgan fingerprint density at radius 2 is 1.90 bits per heavy atom. The van der Waals surface area contributed by atoms with Crippen LogP contribution in [0.4, 0.5) is 4.39 Å². The van der Waals surface area contributed by atoms with Crippen LogP contribution in [0.2, 0.25) is 0 Å². The highest BCUT2D eigenvalue weighted by atomic mass is 19.1. The van der Waals surface area contributed by atoms with Crippen molar-refractivity contribution in [3.63, 3.8) is 0 Å². The van der Waals surface area contributed by atoms with Crippen molar-refractivity contribution in [1.29, 1.82) is 0 Å². The molecule has 21 heavy (non-hydrogen) atoms. The minimum absolute atomic E-state index is 0.0345. The predicted molar refractivity (Wildman–Crippen MR) is 83.2 cm³/mol. The first-order valence-corrected chi connectivity index (χ1v) is 7.51. The van der Waals surface area contributed by atoms with Crippen LogP contribution in [0.5, 0.6) is 0 Å². The molecule has 3 heteroatoms. The number of benzene rings is 2. The van der Waals surface area contributed by atoms with Crippen molar-refractivity contribution in [3.8, 4) is 0 Å². The van der Waals surface area contributed by atoms with E-state index in [-0.39, 0.29) is 12.0 Å². The summed E-state index contributed by atoms with van der Waals surface area (Å²) in [6.45, 7) is 1.84. The summed E-state index contributed by atoms with van der Waals surface area (Å²) >= 11 is 0. The van der Waals surface area contributed by atoms with E-state index < -0.39 is 0 Å². The van der Waals surface area contributed by atoms with Crippen LogP contribution in [0, 0.1) is 5.82 Å². The van der Waals surface area contributed by atoms with E-state index in [1.165, 1.54) is 11.6 Å². The van der Waals surface area contributed by atoms with Gasteiger partial charge in [0.1, 0.15) is 5.82 Å². The van der Waals surface area contributed by atoms with Crippen LogP contribution in [-0.2, 0) is 6.54 Å². The Labute approximate surface area is 125 Å². The predicted octanol–water partition coefficient (Wildman–Crippen LogP) is 3.49. The van der Waals surface area contributed by atoms with Crippen molar-refractivity contribution >= 4 is 0 Å². The number of halogens is 1. The van der Waals surface area contributed by atoms with E-state index in [9.17, 15) is 4.39 Å². The third kappa shape index (κ3) is 3.49. The molecule has 0 bridgehead atoms. The molecule has 2 aromatic carbocycles. The van der Waals surface area contributed by atoms with Crippen LogP contribution in [0.15, 0.2) is 54.6 Å². The van der Waals surface area contributed by atoms with Gasteiger partial charge in [-0.15, -0.1) is 0 Å². The standard InChI is InChI=1S/C18H21FN2/c19-17-8-4-7-15(11-17)16-9-10-21(18(20)12-16)13-14-5-2-1-3-6-14/h1-8,11,16,18H,9-10,12-13,20H2. The van der Waals surface area contributed by atoms with Gasteiger partial charge in [-0.3, -0.25) is 4.90 Å². The Balaban J connectivity index is 1.64. The summed E-state index contributed by atoms with van der Waals surface area (Å²) in [6, 6.07) is 17.3. The first-order chi connectivity index (χ1) is 10.2. The summed E-state index contributed by atoms with van der Waals surface area (Å²) in [5.41, 5.74) is 8.69. The van der Waals surface area contributed by atoms with Crippen LogP contribution in [-0.4, -0.2) is 17.6 Å². The maximum absolute atomic E-state index is 13.3. The van der Waals surface area contributed by atoms with Crippen LogP contribution in [0.3, 0.4) is 0 Å². The van der Waals surface area contributed by atoms with Crippen molar-refractivity contribution in [1.82, 2.24) is 4.90 Å². The van der Waals surface area contributed by atoms with Gasteiger partial charge in [0.2, 0.25) is 0 Å². The monoisotopic (exact) mass is 284 g/mol. The van der Waals surface area contributed by atoms with E-state index in [4.69, 9.17) is 5.73 Å². The quantitative estimate of drug-likeness (QED) is 0.935. The molecule has 2 atom stereocenters. The van der Waals surface area contributed by atoms with E-state index in [0.29, 0.717) is 5.92 Å². The number of rotatable bonds is 3. The molecule has 0 saturated carbocycles. The van der Waals surface area contributed by atoms with E-state index >= 15 is 0 Å². The molecule has 0 aliphatic carbocycles. The summed E-state index contributed by atoms with van der Waals surface area (Å²) in [7, 11) is 0. The molecule has 1 fully saturated rings. The number of nitrogens with zero attached hydrogens (tertiary/aromatic N) is 1. The van der Waals surface area contributed by atoms with Crippen molar-refractivity contribution in [2.24, 2.45) is 5.73 Å². The highest BCUT2D eigenvalue weighted by molar-refractivity contribution is 5.22. The minimum Gasteiger partial charge on any atom is -0.316 e. The molecule has 2 nitrogen and oxygen atoms in total. The summed E-state index contributed by atoms with van der Waals surface area (Å²) in [6.07, 6.45) is 1.95. The van der Waals surface area contributed by atoms with Gasteiger partial charge in [0.15, 0.2) is 0 Å². The van der Waals surface area contributed by atoms with Crippen LogP contribution >= 0.6 is 0 Å². The van der Waals surface area contributed by atoms with Crippen LogP contribution < -0.4 is 5.73 Å². The first kappa shape index (κ1) is 14.2. The molecule has 0 spiro atoms. The number of nitrogens with two attached hydrogens (primary N) is 1. The van der Waals surface area contributed by atoms with Gasteiger partial charge in [-0.2, -0.15) is 0 Å². The fourth-order valence-corrected chi connectivity index (χ4v) is 3.12. The molecule has 3 rings (SSSR count). The molecule has 1 heterocycles. The Hall–Kier alpha value is -1.71. The minimum atomic E-state index is -0.159. The highest BCUT2D eigenvalue weighted by Gasteiger charge is 2.26. The molecule has 2 aromatic rings. The van der Waals surface area contributed by atoms with Crippen molar-refractivity contribution < 1.29 is 4.39 Å². The third-order valence-corrected chi connectivity index (χ3v) is 4.31.